The first-order valence-electron chi connectivity index (χ1n) is 4.66. The molecule has 0 saturated heterocycles. The minimum Gasteiger partial charge on any atom is -0.324 e. The molecular weight excluding hydrogens is 261 g/mol. The Morgan fingerprint density at radius 3 is 2.43 bits per heavy atom. The molecule has 0 amide bonds. The van der Waals surface area contributed by atoms with Gasteiger partial charge in [-0.05, 0) is 17.5 Å². The third-order valence-corrected chi connectivity index (χ3v) is 3.24. The molecule has 0 aliphatic heterocycles. The molecular formula is C11H17BrClN. The van der Waals surface area contributed by atoms with Gasteiger partial charge in [0.2, 0.25) is 0 Å². The Morgan fingerprint density at radius 2 is 1.93 bits per heavy atom. The van der Waals surface area contributed by atoms with E-state index >= 15 is 0 Å². The molecule has 0 aliphatic rings. The summed E-state index contributed by atoms with van der Waals surface area (Å²) < 4.78 is 1.11. The zero-order chi connectivity index (χ0) is 9.84. The van der Waals surface area contributed by atoms with Gasteiger partial charge in [-0.3, -0.25) is 0 Å². The van der Waals surface area contributed by atoms with Crippen LogP contribution in [0.5, 0.6) is 0 Å². The lowest BCUT2D eigenvalue weighted by molar-refractivity contribution is 0.455. The van der Waals surface area contributed by atoms with Gasteiger partial charge in [0.05, 0.1) is 0 Å². The van der Waals surface area contributed by atoms with Crippen molar-refractivity contribution in [2.45, 2.75) is 26.3 Å². The highest BCUT2D eigenvalue weighted by Gasteiger charge is 2.14. The van der Waals surface area contributed by atoms with Crippen LogP contribution in [0.25, 0.3) is 0 Å². The highest BCUT2D eigenvalue weighted by Crippen LogP contribution is 2.27. The molecule has 0 aromatic heterocycles. The molecule has 14 heavy (non-hydrogen) atoms. The average Bonchev–Trinajstić information content (AvgIpc) is 2.16. The fourth-order valence-corrected chi connectivity index (χ4v) is 1.85. The van der Waals surface area contributed by atoms with Gasteiger partial charge in [-0.2, -0.15) is 0 Å². The smallest absolute Gasteiger partial charge is 0.0332 e. The second-order valence-electron chi connectivity index (χ2n) is 3.43. The largest absolute Gasteiger partial charge is 0.324 e. The fraction of sp³-hybridized carbons (Fsp3) is 0.455. The molecule has 0 aliphatic carbocycles. The number of rotatable bonds is 3. The summed E-state index contributed by atoms with van der Waals surface area (Å²) in [6, 6.07) is 8.30. The summed E-state index contributed by atoms with van der Waals surface area (Å²) in [5.74, 6) is 0.527. The Balaban J connectivity index is 0.00000169. The first kappa shape index (κ1) is 13.9. The lowest BCUT2D eigenvalue weighted by Gasteiger charge is -2.19. The minimum absolute atomic E-state index is 0. The summed E-state index contributed by atoms with van der Waals surface area (Å²) in [5.41, 5.74) is 7.33. The van der Waals surface area contributed by atoms with Gasteiger partial charge in [0, 0.05) is 10.5 Å². The molecule has 80 valence electrons. The van der Waals surface area contributed by atoms with Crippen molar-refractivity contribution in [2.75, 3.05) is 0 Å². The third kappa shape index (κ3) is 3.26. The zero-order valence-corrected chi connectivity index (χ0v) is 10.9. The maximum atomic E-state index is 6.12. The molecule has 0 radical (unpaired) electrons. The maximum absolute atomic E-state index is 6.12. The van der Waals surface area contributed by atoms with Crippen LogP contribution in [0.4, 0.5) is 0 Å². The predicted molar refractivity (Wildman–Crippen MR) is 67.8 cm³/mol. The Bertz CT molecular complexity index is 278. The van der Waals surface area contributed by atoms with E-state index in [0.29, 0.717) is 5.92 Å². The molecule has 1 unspecified atom stereocenters. The van der Waals surface area contributed by atoms with E-state index in [1.165, 1.54) is 5.56 Å². The summed E-state index contributed by atoms with van der Waals surface area (Å²) in [5, 5.41) is 0. The van der Waals surface area contributed by atoms with Crippen molar-refractivity contribution in [2.24, 2.45) is 11.7 Å². The number of nitrogens with two attached hydrogens (primary N) is 1. The van der Waals surface area contributed by atoms with Crippen LogP contribution >= 0.6 is 28.3 Å². The SMILES string of the molecule is CCC(C)[C@@H](N)c1ccccc1Br.Cl. The summed E-state index contributed by atoms with van der Waals surface area (Å²) in [6.07, 6.45) is 1.11. The number of hydrogen-bond donors (Lipinski definition) is 1. The van der Waals surface area contributed by atoms with E-state index in [0.717, 1.165) is 10.9 Å². The van der Waals surface area contributed by atoms with Crippen molar-refractivity contribution in [3.8, 4) is 0 Å². The van der Waals surface area contributed by atoms with Crippen LogP contribution < -0.4 is 5.73 Å². The fourth-order valence-electron chi connectivity index (χ4n) is 1.31. The molecule has 3 heteroatoms. The molecule has 0 bridgehead atoms. The molecule has 2 N–H and O–H groups in total. The standard InChI is InChI=1S/C11H16BrN.ClH/c1-3-8(2)11(13)9-6-4-5-7-10(9)12;/h4-8,11H,3,13H2,1-2H3;1H/t8?,11-;/m1./s1. The van der Waals surface area contributed by atoms with Crippen molar-refractivity contribution in [1.29, 1.82) is 0 Å². The second kappa shape index (κ2) is 6.44. The Hall–Kier alpha value is -0.0500. The zero-order valence-electron chi connectivity index (χ0n) is 8.53. The Labute approximate surface area is 101 Å². The maximum Gasteiger partial charge on any atom is 0.0332 e. The molecule has 1 aromatic carbocycles. The van der Waals surface area contributed by atoms with Crippen molar-refractivity contribution < 1.29 is 0 Å². The summed E-state index contributed by atoms with van der Waals surface area (Å²) >= 11 is 3.51. The molecule has 0 saturated carbocycles. The van der Waals surface area contributed by atoms with Crippen molar-refractivity contribution in [3.05, 3.63) is 34.3 Å². The van der Waals surface area contributed by atoms with Crippen LogP contribution in [0.2, 0.25) is 0 Å². The second-order valence-corrected chi connectivity index (χ2v) is 4.29. The van der Waals surface area contributed by atoms with Gasteiger partial charge >= 0.3 is 0 Å². The molecule has 1 aromatic rings. The van der Waals surface area contributed by atoms with Crippen LogP contribution in [0, 0.1) is 5.92 Å². The third-order valence-electron chi connectivity index (χ3n) is 2.52. The van der Waals surface area contributed by atoms with Crippen LogP contribution in [0.1, 0.15) is 31.9 Å². The van der Waals surface area contributed by atoms with E-state index in [1.54, 1.807) is 0 Å². The van der Waals surface area contributed by atoms with Crippen molar-refractivity contribution >= 4 is 28.3 Å². The summed E-state index contributed by atoms with van der Waals surface area (Å²) in [6.45, 7) is 4.35. The van der Waals surface area contributed by atoms with E-state index < -0.39 is 0 Å². The number of halogens is 2. The van der Waals surface area contributed by atoms with E-state index in [2.05, 4.69) is 35.8 Å². The van der Waals surface area contributed by atoms with Gasteiger partial charge in [0.25, 0.3) is 0 Å². The Morgan fingerprint density at radius 1 is 1.36 bits per heavy atom. The monoisotopic (exact) mass is 277 g/mol. The van der Waals surface area contributed by atoms with Crippen molar-refractivity contribution in [3.63, 3.8) is 0 Å². The highest BCUT2D eigenvalue weighted by molar-refractivity contribution is 9.10. The van der Waals surface area contributed by atoms with Gasteiger partial charge < -0.3 is 5.73 Å². The molecule has 0 fully saturated rings. The lowest BCUT2D eigenvalue weighted by atomic mass is 9.93. The topological polar surface area (TPSA) is 26.0 Å². The first-order valence-corrected chi connectivity index (χ1v) is 5.46. The van der Waals surface area contributed by atoms with Gasteiger partial charge in [0.15, 0.2) is 0 Å². The lowest BCUT2D eigenvalue weighted by Crippen LogP contribution is -2.18. The Kier molecular flexibility index (Phi) is 6.41. The molecule has 1 rings (SSSR count). The van der Waals surface area contributed by atoms with E-state index in [9.17, 15) is 0 Å². The van der Waals surface area contributed by atoms with Gasteiger partial charge in [-0.15, -0.1) is 12.4 Å². The molecule has 0 spiro atoms. The molecule has 0 heterocycles. The van der Waals surface area contributed by atoms with Crippen LogP contribution in [0.15, 0.2) is 28.7 Å². The van der Waals surface area contributed by atoms with Crippen LogP contribution in [0.3, 0.4) is 0 Å². The van der Waals surface area contributed by atoms with Gasteiger partial charge in [-0.1, -0.05) is 54.4 Å². The van der Waals surface area contributed by atoms with E-state index in [1.807, 2.05) is 18.2 Å². The quantitative estimate of drug-likeness (QED) is 0.891. The molecule has 2 atom stereocenters. The average molecular weight is 279 g/mol. The van der Waals surface area contributed by atoms with Gasteiger partial charge in [0.1, 0.15) is 0 Å². The normalized spacial score (nSPS) is 14.3. The predicted octanol–water partition coefficient (Wildman–Crippen LogP) is 3.92. The highest BCUT2D eigenvalue weighted by atomic mass is 79.9. The summed E-state index contributed by atoms with van der Waals surface area (Å²) in [7, 11) is 0. The minimum atomic E-state index is 0. The molecule has 1 nitrogen and oxygen atoms in total. The number of benzene rings is 1. The van der Waals surface area contributed by atoms with Crippen LogP contribution in [-0.4, -0.2) is 0 Å². The van der Waals surface area contributed by atoms with Gasteiger partial charge in [-0.25, -0.2) is 0 Å². The first-order chi connectivity index (χ1) is 6.16. The summed E-state index contributed by atoms with van der Waals surface area (Å²) in [4.78, 5) is 0. The van der Waals surface area contributed by atoms with E-state index in [-0.39, 0.29) is 18.4 Å². The van der Waals surface area contributed by atoms with E-state index in [4.69, 9.17) is 5.73 Å². The number of hydrogen-bond acceptors (Lipinski definition) is 1. The van der Waals surface area contributed by atoms with Crippen LogP contribution in [-0.2, 0) is 0 Å². The van der Waals surface area contributed by atoms with Crippen molar-refractivity contribution in [1.82, 2.24) is 0 Å².